The van der Waals surface area contributed by atoms with Crippen LogP contribution in [-0.4, -0.2) is 36.6 Å². The number of ether oxygens (including phenoxy) is 1. The van der Waals surface area contributed by atoms with Crippen molar-refractivity contribution in [3.05, 3.63) is 29.2 Å². The third-order valence-electron chi connectivity index (χ3n) is 4.91. The van der Waals surface area contributed by atoms with Gasteiger partial charge in [0.2, 0.25) is 0 Å². The SMILES string of the molecule is CC(C)(C)OC(=O)NCC(=Cc1cccc(N)c1N)B1OC(C)(C)C(C)(C)O1. The van der Waals surface area contributed by atoms with Crippen LogP contribution in [0.25, 0.3) is 6.08 Å². The molecular weight excluding hydrogens is 357 g/mol. The summed E-state index contributed by atoms with van der Waals surface area (Å²) in [6, 6.07) is 5.41. The second kappa shape index (κ2) is 7.68. The number of rotatable bonds is 4. The van der Waals surface area contributed by atoms with Gasteiger partial charge in [0, 0.05) is 6.54 Å². The van der Waals surface area contributed by atoms with Gasteiger partial charge >= 0.3 is 13.2 Å². The minimum Gasteiger partial charge on any atom is -0.444 e. The fourth-order valence-corrected chi connectivity index (χ4v) is 2.61. The topological polar surface area (TPSA) is 109 Å². The predicted molar refractivity (Wildman–Crippen MR) is 114 cm³/mol. The first-order valence-electron chi connectivity index (χ1n) is 9.39. The quantitative estimate of drug-likeness (QED) is 0.538. The van der Waals surface area contributed by atoms with Crippen molar-refractivity contribution < 1.29 is 18.8 Å². The normalized spacial score (nSPS) is 18.8. The molecule has 0 aliphatic carbocycles. The minimum absolute atomic E-state index is 0.181. The van der Waals surface area contributed by atoms with Crippen LogP contribution in [0.1, 0.15) is 54.0 Å². The van der Waals surface area contributed by atoms with Crippen molar-refractivity contribution in [1.82, 2.24) is 5.32 Å². The Morgan fingerprint density at radius 2 is 1.75 bits per heavy atom. The second-order valence-corrected chi connectivity index (χ2v) is 9.01. The molecule has 0 bridgehead atoms. The Morgan fingerprint density at radius 3 is 2.29 bits per heavy atom. The molecule has 1 aromatic rings. The molecular formula is C20H32BN3O4. The van der Waals surface area contributed by atoms with E-state index in [0.29, 0.717) is 16.8 Å². The largest absolute Gasteiger partial charge is 0.492 e. The highest BCUT2D eigenvalue weighted by Crippen LogP contribution is 2.39. The lowest BCUT2D eigenvalue weighted by molar-refractivity contribution is 0.00578. The van der Waals surface area contributed by atoms with Gasteiger partial charge in [-0.05, 0) is 65.6 Å². The molecule has 0 saturated carbocycles. The summed E-state index contributed by atoms with van der Waals surface area (Å²) >= 11 is 0. The van der Waals surface area contributed by atoms with Crippen LogP contribution in [0.2, 0.25) is 0 Å². The van der Waals surface area contributed by atoms with E-state index < -0.39 is 30.0 Å². The first-order chi connectivity index (χ1) is 12.7. The standard InChI is InChI=1S/C20H32BN3O4/c1-18(2,3)26-17(25)24-12-14(11-13-9-8-10-15(22)16(13)23)21-27-19(4,5)20(6,7)28-21/h8-11H,12,22-23H2,1-7H3,(H,24,25). The molecule has 0 radical (unpaired) electrons. The molecule has 2 rings (SSSR count). The van der Waals surface area contributed by atoms with Crippen LogP contribution in [0.3, 0.4) is 0 Å². The summed E-state index contributed by atoms with van der Waals surface area (Å²) in [7, 11) is -0.638. The van der Waals surface area contributed by atoms with Crippen molar-refractivity contribution >= 4 is 30.7 Å². The van der Waals surface area contributed by atoms with E-state index in [1.54, 1.807) is 6.07 Å². The molecule has 8 heteroatoms. The summed E-state index contributed by atoms with van der Waals surface area (Å²) in [5, 5.41) is 2.76. The number of para-hydroxylation sites is 1. The third kappa shape index (κ3) is 5.20. The van der Waals surface area contributed by atoms with Gasteiger partial charge in [0.25, 0.3) is 0 Å². The van der Waals surface area contributed by atoms with E-state index in [-0.39, 0.29) is 6.54 Å². The number of anilines is 2. The first-order valence-corrected chi connectivity index (χ1v) is 9.39. The van der Waals surface area contributed by atoms with Crippen LogP contribution in [0.5, 0.6) is 0 Å². The number of nitrogens with two attached hydrogens (primary N) is 2. The van der Waals surface area contributed by atoms with E-state index in [1.165, 1.54) is 0 Å². The van der Waals surface area contributed by atoms with Crippen molar-refractivity contribution in [3.8, 4) is 0 Å². The summed E-state index contributed by atoms with van der Waals surface area (Å²) in [5.41, 5.74) is 12.8. The average molecular weight is 389 g/mol. The van der Waals surface area contributed by atoms with Gasteiger partial charge in [-0.1, -0.05) is 18.2 Å². The molecule has 1 aromatic carbocycles. The highest BCUT2D eigenvalue weighted by Gasteiger charge is 2.52. The maximum atomic E-state index is 12.1. The molecule has 7 nitrogen and oxygen atoms in total. The molecule has 0 atom stereocenters. The molecule has 1 saturated heterocycles. The van der Waals surface area contributed by atoms with E-state index in [0.717, 1.165) is 5.56 Å². The summed E-state index contributed by atoms with van der Waals surface area (Å²) in [5.74, 6) is 0. The molecule has 5 N–H and O–H groups in total. The number of hydrogen-bond donors (Lipinski definition) is 3. The number of carbonyl (C=O) groups is 1. The van der Waals surface area contributed by atoms with Crippen molar-refractivity contribution in [3.63, 3.8) is 0 Å². The number of alkyl carbamates (subject to hydrolysis) is 1. The van der Waals surface area contributed by atoms with Crippen molar-refractivity contribution in [2.24, 2.45) is 0 Å². The third-order valence-corrected chi connectivity index (χ3v) is 4.91. The Kier molecular flexibility index (Phi) is 6.06. The van der Waals surface area contributed by atoms with Gasteiger partial charge in [-0.15, -0.1) is 0 Å². The van der Waals surface area contributed by atoms with Gasteiger partial charge in [-0.3, -0.25) is 0 Å². The van der Waals surface area contributed by atoms with Gasteiger partial charge in [-0.2, -0.15) is 0 Å². The Hall–Kier alpha value is -2.19. The zero-order chi connectivity index (χ0) is 21.3. The van der Waals surface area contributed by atoms with Crippen LogP contribution in [0.15, 0.2) is 23.7 Å². The zero-order valence-electron chi connectivity index (χ0n) is 17.9. The monoisotopic (exact) mass is 389 g/mol. The fraction of sp³-hybridized carbons (Fsp3) is 0.550. The molecule has 0 unspecified atom stereocenters. The Labute approximate surface area is 167 Å². The Bertz CT molecular complexity index is 753. The Morgan fingerprint density at radius 1 is 1.18 bits per heavy atom. The van der Waals surface area contributed by atoms with E-state index >= 15 is 0 Å². The highest BCUT2D eigenvalue weighted by atomic mass is 16.7. The van der Waals surface area contributed by atoms with Gasteiger partial charge in [-0.25, -0.2) is 4.79 Å². The van der Waals surface area contributed by atoms with Crippen molar-refractivity contribution in [1.29, 1.82) is 0 Å². The van der Waals surface area contributed by atoms with Gasteiger partial charge < -0.3 is 30.8 Å². The number of benzene rings is 1. The summed E-state index contributed by atoms with van der Waals surface area (Å²) in [6.45, 7) is 13.5. The summed E-state index contributed by atoms with van der Waals surface area (Å²) in [4.78, 5) is 12.1. The van der Waals surface area contributed by atoms with Crippen LogP contribution in [-0.2, 0) is 14.0 Å². The van der Waals surface area contributed by atoms with Crippen LogP contribution < -0.4 is 16.8 Å². The van der Waals surface area contributed by atoms with Gasteiger partial charge in [0.1, 0.15) is 5.60 Å². The van der Waals surface area contributed by atoms with E-state index in [9.17, 15) is 4.79 Å². The lowest BCUT2D eigenvalue weighted by Gasteiger charge is -2.32. The summed E-state index contributed by atoms with van der Waals surface area (Å²) < 4.78 is 17.6. The molecule has 0 spiro atoms. The molecule has 28 heavy (non-hydrogen) atoms. The fourth-order valence-electron chi connectivity index (χ4n) is 2.61. The summed E-state index contributed by atoms with van der Waals surface area (Å²) in [6.07, 6.45) is 1.32. The number of nitrogen functional groups attached to an aromatic ring is 2. The van der Waals surface area contributed by atoms with Crippen LogP contribution in [0, 0.1) is 0 Å². The molecule has 1 aliphatic heterocycles. The second-order valence-electron chi connectivity index (χ2n) is 9.01. The van der Waals surface area contributed by atoms with E-state index in [2.05, 4.69) is 5.32 Å². The lowest BCUT2D eigenvalue weighted by atomic mass is 9.77. The molecule has 1 heterocycles. The number of carbonyl (C=O) groups excluding carboxylic acids is 1. The number of nitrogens with one attached hydrogen (secondary N) is 1. The van der Waals surface area contributed by atoms with E-state index in [1.807, 2.05) is 66.7 Å². The molecule has 1 fully saturated rings. The van der Waals surface area contributed by atoms with Gasteiger partial charge in [0.15, 0.2) is 0 Å². The van der Waals surface area contributed by atoms with Crippen molar-refractivity contribution in [2.75, 3.05) is 18.0 Å². The van der Waals surface area contributed by atoms with Crippen LogP contribution >= 0.6 is 0 Å². The maximum Gasteiger partial charge on any atom is 0.492 e. The van der Waals surface area contributed by atoms with Crippen LogP contribution in [0.4, 0.5) is 16.2 Å². The first kappa shape index (κ1) is 22.1. The van der Waals surface area contributed by atoms with Gasteiger partial charge in [0.05, 0.1) is 22.6 Å². The lowest BCUT2D eigenvalue weighted by Crippen LogP contribution is -2.41. The zero-order valence-corrected chi connectivity index (χ0v) is 17.9. The van der Waals surface area contributed by atoms with Crippen molar-refractivity contribution in [2.45, 2.75) is 65.3 Å². The van der Waals surface area contributed by atoms with E-state index in [4.69, 9.17) is 25.5 Å². The molecule has 1 amide bonds. The number of amides is 1. The predicted octanol–water partition coefficient (Wildman–Crippen LogP) is 3.39. The average Bonchev–Trinajstić information content (AvgIpc) is 2.74. The molecule has 1 aliphatic rings. The number of hydrogen-bond acceptors (Lipinski definition) is 6. The Balaban J connectivity index is 2.30. The smallest absolute Gasteiger partial charge is 0.444 e. The molecule has 0 aromatic heterocycles. The highest BCUT2D eigenvalue weighted by molar-refractivity contribution is 6.56. The minimum atomic E-state index is -0.638. The molecule has 154 valence electrons. The maximum absolute atomic E-state index is 12.1.